The van der Waals surface area contributed by atoms with Gasteiger partial charge in [0, 0.05) is 12.1 Å². The maximum absolute atomic E-state index is 13.7. The number of benzene rings is 3. The minimum atomic E-state index is -4.16. The topological polar surface area (TPSA) is 120 Å². The van der Waals surface area contributed by atoms with Gasteiger partial charge in [-0.25, -0.2) is 13.2 Å². The van der Waals surface area contributed by atoms with Crippen molar-refractivity contribution in [3.8, 4) is 17.2 Å². The van der Waals surface area contributed by atoms with E-state index in [0.29, 0.717) is 11.3 Å². The Kier molecular flexibility index (Phi) is 8.61. The van der Waals surface area contributed by atoms with Crippen LogP contribution in [0.1, 0.15) is 15.9 Å². The van der Waals surface area contributed by atoms with E-state index in [4.69, 9.17) is 18.9 Å². The van der Waals surface area contributed by atoms with Gasteiger partial charge < -0.3 is 24.3 Å². The maximum atomic E-state index is 13.7. The second-order valence-electron chi connectivity index (χ2n) is 7.77. The van der Waals surface area contributed by atoms with E-state index in [2.05, 4.69) is 5.32 Å². The van der Waals surface area contributed by atoms with E-state index in [1.165, 1.54) is 52.7 Å². The molecule has 0 aliphatic rings. The number of methoxy groups -OCH3 is 4. The van der Waals surface area contributed by atoms with Crippen molar-refractivity contribution in [1.82, 2.24) is 0 Å². The molecule has 196 valence electrons. The van der Waals surface area contributed by atoms with Crippen LogP contribution in [-0.2, 0) is 19.6 Å². The number of hydrogen-bond acceptors (Lipinski definition) is 8. The zero-order valence-corrected chi connectivity index (χ0v) is 21.9. The van der Waals surface area contributed by atoms with Gasteiger partial charge in [-0.15, -0.1) is 0 Å². The average Bonchev–Trinajstić information content (AvgIpc) is 2.91. The van der Waals surface area contributed by atoms with Gasteiger partial charge in [-0.05, 0) is 42.8 Å². The Bertz CT molecular complexity index is 1390. The van der Waals surface area contributed by atoms with Crippen molar-refractivity contribution in [2.24, 2.45) is 0 Å². The molecule has 10 nitrogen and oxygen atoms in total. The van der Waals surface area contributed by atoms with E-state index in [9.17, 15) is 18.0 Å². The average molecular weight is 529 g/mol. The molecular weight excluding hydrogens is 500 g/mol. The molecule has 0 aliphatic heterocycles. The lowest BCUT2D eigenvalue weighted by molar-refractivity contribution is -0.114. The number of carbonyl (C=O) groups is 2. The fourth-order valence-corrected chi connectivity index (χ4v) is 5.14. The number of anilines is 2. The molecular formula is C26H28N2O8S. The Morgan fingerprint density at radius 2 is 1.46 bits per heavy atom. The molecule has 0 heterocycles. The fourth-order valence-electron chi connectivity index (χ4n) is 3.63. The summed E-state index contributed by atoms with van der Waals surface area (Å²) in [4.78, 5) is 25.6. The van der Waals surface area contributed by atoms with Crippen LogP contribution in [0.3, 0.4) is 0 Å². The molecule has 37 heavy (non-hydrogen) atoms. The number of amides is 1. The molecule has 0 unspecified atom stereocenters. The summed E-state index contributed by atoms with van der Waals surface area (Å²) in [6.07, 6.45) is 0. The van der Waals surface area contributed by atoms with E-state index in [-0.39, 0.29) is 33.3 Å². The third-order valence-electron chi connectivity index (χ3n) is 5.49. The van der Waals surface area contributed by atoms with Crippen molar-refractivity contribution in [3.63, 3.8) is 0 Å². The highest BCUT2D eigenvalue weighted by Crippen LogP contribution is 2.34. The van der Waals surface area contributed by atoms with Crippen molar-refractivity contribution in [3.05, 3.63) is 71.8 Å². The van der Waals surface area contributed by atoms with Crippen molar-refractivity contribution >= 4 is 33.3 Å². The number of esters is 1. The third-order valence-corrected chi connectivity index (χ3v) is 7.26. The Morgan fingerprint density at radius 1 is 0.838 bits per heavy atom. The molecule has 0 spiro atoms. The van der Waals surface area contributed by atoms with Gasteiger partial charge in [0.2, 0.25) is 5.91 Å². The fraction of sp³-hybridized carbons (Fsp3) is 0.231. The summed E-state index contributed by atoms with van der Waals surface area (Å²) in [5.41, 5.74) is 0.981. The Balaban J connectivity index is 2.01. The monoisotopic (exact) mass is 528 g/mol. The van der Waals surface area contributed by atoms with Gasteiger partial charge in [-0.1, -0.05) is 18.2 Å². The zero-order valence-electron chi connectivity index (χ0n) is 21.1. The van der Waals surface area contributed by atoms with Crippen molar-refractivity contribution in [2.45, 2.75) is 11.8 Å². The molecule has 3 aromatic carbocycles. The quantitative estimate of drug-likeness (QED) is 0.396. The summed E-state index contributed by atoms with van der Waals surface area (Å²) >= 11 is 0. The first-order valence-electron chi connectivity index (χ1n) is 11.0. The number of para-hydroxylation sites is 1. The molecule has 0 aromatic heterocycles. The zero-order chi connectivity index (χ0) is 27.2. The molecule has 1 amide bonds. The van der Waals surface area contributed by atoms with E-state index in [1.807, 2.05) is 0 Å². The highest BCUT2D eigenvalue weighted by Gasteiger charge is 2.28. The SMILES string of the molecule is COC(=O)c1cc(OC)c(OC)cc1NC(=O)CN(c1ccccc1)S(=O)(=O)c1ccc(OC)c(C)c1. The Hall–Kier alpha value is -4.25. The number of ether oxygens (including phenoxy) is 4. The number of hydrogen-bond donors (Lipinski definition) is 1. The van der Waals surface area contributed by atoms with Gasteiger partial charge in [0.1, 0.15) is 12.3 Å². The van der Waals surface area contributed by atoms with E-state index < -0.39 is 28.4 Å². The minimum absolute atomic E-state index is 0.00778. The van der Waals surface area contributed by atoms with E-state index in [0.717, 1.165) is 4.31 Å². The van der Waals surface area contributed by atoms with Crippen LogP contribution in [0.4, 0.5) is 11.4 Å². The normalized spacial score (nSPS) is 10.8. The van der Waals surface area contributed by atoms with Crippen LogP contribution in [0.5, 0.6) is 17.2 Å². The molecule has 0 bridgehead atoms. The van der Waals surface area contributed by atoms with Crippen molar-refractivity contribution in [1.29, 1.82) is 0 Å². The molecule has 0 saturated carbocycles. The van der Waals surface area contributed by atoms with Crippen LogP contribution in [0, 0.1) is 6.92 Å². The number of sulfonamides is 1. The highest BCUT2D eigenvalue weighted by molar-refractivity contribution is 7.92. The van der Waals surface area contributed by atoms with Gasteiger partial charge >= 0.3 is 5.97 Å². The lowest BCUT2D eigenvalue weighted by Crippen LogP contribution is -2.38. The number of nitrogens with one attached hydrogen (secondary N) is 1. The van der Waals surface area contributed by atoms with Gasteiger partial charge in [0.25, 0.3) is 10.0 Å². The lowest BCUT2D eigenvalue weighted by atomic mass is 10.1. The summed E-state index contributed by atoms with van der Waals surface area (Å²) < 4.78 is 48.9. The van der Waals surface area contributed by atoms with Crippen LogP contribution in [-0.4, -0.2) is 55.3 Å². The number of rotatable bonds is 10. The highest BCUT2D eigenvalue weighted by atomic mass is 32.2. The largest absolute Gasteiger partial charge is 0.496 e. The summed E-state index contributed by atoms with van der Waals surface area (Å²) in [5, 5.41) is 2.60. The van der Waals surface area contributed by atoms with Crippen LogP contribution in [0.2, 0.25) is 0 Å². The first-order valence-corrected chi connectivity index (χ1v) is 12.5. The van der Waals surface area contributed by atoms with Gasteiger partial charge in [0.05, 0.1) is 50.3 Å². The van der Waals surface area contributed by atoms with E-state index in [1.54, 1.807) is 43.3 Å². The first-order chi connectivity index (χ1) is 17.7. The summed E-state index contributed by atoms with van der Waals surface area (Å²) in [5.74, 6) is -0.379. The summed E-state index contributed by atoms with van der Waals surface area (Å²) in [7, 11) is 1.34. The predicted octanol–water partition coefficient (Wildman–Crippen LogP) is 3.64. The molecule has 0 atom stereocenters. The van der Waals surface area contributed by atoms with E-state index >= 15 is 0 Å². The van der Waals surface area contributed by atoms with Crippen LogP contribution in [0.15, 0.2) is 65.6 Å². The Morgan fingerprint density at radius 3 is 2.03 bits per heavy atom. The van der Waals surface area contributed by atoms with Gasteiger partial charge in [0.15, 0.2) is 11.5 Å². The second-order valence-corrected chi connectivity index (χ2v) is 9.63. The maximum Gasteiger partial charge on any atom is 0.340 e. The predicted molar refractivity (Wildman–Crippen MR) is 138 cm³/mol. The third kappa shape index (κ3) is 5.95. The van der Waals surface area contributed by atoms with Crippen molar-refractivity contribution < 1.29 is 37.0 Å². The molecule has 11 heteroatoms. The molecule has 1 N–H and O–H groups in total. The Labute approximate surface area is 215 Å². The van der Waals surface area contributed by atoms with Gasteiger partial charge in [-0.2, -0.15) is 0 Å². The molecule has 0 aliphatic carbocycles. The van der Waals surface area contributed by atoms with Crippen LogP contribution in [0.25, 0.3) is 0 Å². The molecule has 3 rings (SSSR count). The number of carbonyl (C=O) groups excluding carboxylic acids is 2. The van der Waals surface area contributed by atoms with Crippen LogP contribution >= 0.6 is 0 Å². The molecule has 0 radical (unpaired) electrons. The lowest BCUT2D eigenvalue weighted by Gasteiger charge is -2.25. The smallest absolute Gasteiger partial charge is 0.340 e. The first kappa shape index (κ1) is 27.3. The van der Waals surface area contributed by atoms with Crippen LogP contribution < -0.4 is 23.8 Å². The van der Waals surface area contributed by atoms with Gasteiger partial charge in [-0.3, -0.25) is 9.10 Å². The number of aryl methyl sites for hydroxylation is 1. The molecule has 0 saturated heterocycles. The van der Waals surface area contributed by atoms with Crippen molar-refractivity contribution in [2.75, 3.05) is 44.6 Å². The number of nitrogens with zero attached hydrogens (tertiary/aromatic N) is 1. The standard InChI is InChI=1S/C26H28N2O8S/c1-17-13-19(11-12-22(17)33-2)37(31,32)28(18-9-7-6-8-10-18)16-25(29)27-21-15-24(35-4)23(34-3)14-20(21)26(30)36-5/h6-15H,16H2,1-5H3,(H,27,29). The summed E-state index contributed by atoms with van der Waals surface area (Å²) in [6.45, 7) is 1.15. The molecule has 3 aromatic rings. The second kappa shape index (κ2) is 11.7. The summed E-state index contributed by atoms with van der Waals surface area (Å²) in [6, 6.07) is 15.4. The molecule has 0 fully saturated rings. The minimum Gasteiger partial charge on any atom is -0.496 e.